The Morgan fingerprint density at radius 1 is 1.00 bits per heavy atom. The van der Waals surface area contributed by atoms with E-state index in [1.54, 1.807) is 29.2 Å². The van der Waals surface area contributed by atoms with Gasteiger partial charge in [-0.15, -0.1) is 0 Å². The zero-order chi connectivity index (χ0) is 16.9. The van der Waals surface area contributed by atoms with Crippen LogP contribution in [0.1, 0.15) is 15.9 Å². The summed E-state index contributed by atoms with van der Waals surface area (Å²) in [4.78, 5) is 13.9. The Hall–Kier alpha value is -2.34. The Balaban J connectivity index is 2.16. The molecular weight excluding hydrogens is 305 g/mol. The van der Waals surface area contributed by atoms with Gasteiger partial charge in [-0.1, -0.05) is 30.3 Å². The highest BCUT2D eigenvalue weighted by Crippen LogP contribution is 2.30. The van der Waals surface area contributed by atoms with Crippen LogP contribution < -0.4 is 10.6 Å². The number of nitrogens with two attached hydrogens (primary N) is 1. The summed E-state index contributed by atoms with van der Waals surface area (Å²) >= 11 is 0. The predicted molar refractivity (Wildman–Crippen MR) is 83.5 cm³/mol. The van der Waals surface area contributed by atoms with Crippen molar-refractivity contribution in [3.8, 4) is 0 Å². The average Bonchev–Trinajstić information content (AvgIpc) is 2.54. The van der Waals surface area contributed by atoms with Crippen molar-refractivity contribution < 1.29 is 18.0 Å². The first kappa shape index (κ1) is 17.0. The van der Waals surface area contributed by atoms with Crippen LogP contribution in [0.2, 0.25) is 0 Å². The van der Waals surface area contributed by atoms with Crippen LogP contribution in [0.4, 0.5) is 18.9 Å². The van der Waals surface area contributed by atoms with E-state index in [0.717, 1.165) is 12.1 Å². The Bertz CT molecular complexity index is 639. The van der Waals surface area contributed by atoms with Crippen molar-refractivity contribution >= 4 is 11.5 Å². The van der Waals surface area contributed by atoms with Gasteiger partial charge in [-0.2, -0.15) is 13.2 Å². The number of carbonyl (C=O) groups excluding carboxylic acids is 1. The molecule has 3 nitrogen and oxygen atoms in total. The van der Waals surface area contributed by atoms with Gasteiger partial charge in [0.1, 0.15) is 0 Å². The fraction of sp³-hybridized carbons (Fsp3) is 0.235. The van der Waals surface area contributed by atoms with E-state index in [4.69, 9.17) is 5.73 Å². The van der Waals surface area contributed by atoms with Crippen LogP contribution in [0.3, 0.4) is 0 Å². The molecular formula is C17H17F3N2O. The number of rotatable bonds is 6. The number of Topliss-reactive ketones (excluding diaryl/α,β-unsaturated/α-hetero) is 1. The number of hydrogen-bond donors (Lipinski definition) is 1. The molecule has 0 heterocycles. The van der Waals surface area contributed by atoms with Crippen LogP contribution in [0.15, 0.2) is 54.6 Å². The molecule has 0 aliphatic heterocycles. The Morgan fingerprint density at radius 2 is 1.61 bits per heavy atom. The van der Waals surface area contributed by atoms with Gasteiger partial charge in [-0.25, -0.2) is 0 Å². The van der Waals surface area contributed by atoms with Gasteiger partial charge in [0.25, 0.3) is 0 Å². The lowest BCUT2D eigenvalue weighted by Crippen LogP contribution is -2.34. The molecule has 2 aromatic carbocycles. The largest absolute Gasteiger partial charge is 0.416 e. The highest BCUT2D eigenvalue weighted by atomic mass is 19.4. The van der Waals surface area contributed by atoms with E-state index in [1.165, 1.54) is 12.1 Å². The molecule has 0 radical (unpaired) electrons. The maximum absolute atomic E-state index is 12.6. The minimum Gasteiger partial charge on any atom is -0.363 e. The third-order valence-electron chi connectivity index (χ3n) is 3.39. The van der Waals surface area contributed by atoms with Crippen LogP contribution in [-0.4, -0.2) is 25.4 Å². The van der Waals surface area contributed by atoms with Crippen molar-refractivity contribution in [1.82, 2.24) is 0 Å². The van der Waals surface area contributed by atoms with Gasteiger partial charge < -0.3 is 10.6 Å². The van der Waals surface area contributed by atoms with Crippen molar-refractivity contribution in [2.24, 2.45) is 5.73 Å². The quantitative estimate of drug-likeness (QED) is 0.830. The molecule has 0 saturated carbocycles. The Morgan fingerprint density at radius 3 is 2.13 bits per heavy atom. The lowest BCUT2D eigenvalue weighted by Gasteiger charge is -2.24. The summed E-state index contributed by atoms with van der Waals surface area (Å²) in [7, 11) is 0. The summed E-state index contributed by atoms with van der Waals surface area (Å²) in [5, 5.41) is 0. The number of anilines is 1. The maximum Gasteiger partial charge on any atom is 0.416 e. The van der Waals surface area contributed by atoms with Crippen molar-refractivity contribution in [1.29, 1.82) is 0 Å². The van der Waals surface area contributed by atoms with Gasteiger partial charge in [0, 0.05) is 24.3 Å². The number of nitrogens with zero attached hydrogens (tertiary/aromatic N) is 1. The summed E-state index contributed by atoms with van der Waals surface area (Å²) in [5.74, 6) is -0.112. The third-order valence-corrected chi connectivity index (χ3v) is 3.39. The summed E-state index contributed by atoms with van der Waals surface area (Å²) < 4.78 is 37.8. The van der Waals surface area contributed by atoms with Gasteiger partial charge in [0.15, 0.2) is 5.78 Å². The van der Waals surface area contributed by atoms with E-state index in [-0.39, 0.29) is 12.3 Å². The topological polar surface area (TPSA) is 46.3 Å². The van der Waals surface area contributed by atoms with E-state index in [0.29, 0.717) is 24.3 Å². The fourth-order valence-corrected chi connectivity index (χ4v) is 2.21. The Labute approximate surface area is 132 Å². The van der Waals surface area contributed by atoms with Crippen LogP contribution in [0, 0.1) is 0 Å². The van der Waals surface area contributed by atoms with Gasteiger partial charge in [-0.3, -0.25) is 4.79 Å². The minimum absolute atomic E-state index is 0.0621. The van der Waals surface area contributed by atoms with Crippen LogP contribution in [-0.2, 0) is 6.18 Å². The van der Waals surface area contributed by atoms with Crippen molar-refractivity contribution in [3.05, 3.63) is 65.7 Å². The molecule has 0 saturated heterocycles. The Kier molecular flexibility index (Phi) is 5.39. The highest BCUT2D eigenvalue weighted by molar-refractivity contribution is 5.99. The molecule has 2 rings (SSSR count). The van der Waals surface area contributed by atoms with E-state index in [9.17, 15) is 18.0 Å². The van der Waals surface area contributed by atoms with Crippen molar-refractivity contribution in [2.75, 3.05) is 24.5 Å². The molecule has 0 aliphatic rings. The minimum atomic E-state index is -4.38. The van der Waals surface area contributed by atoms with E-state index in [1.807, 2.05) is 6.07 Å². The predicted octanol–water partition coefficient (Wildman–Crippen LogP) is 3.35. The summed E-state index contributed by atoms with van der Waals surface area (Å²) in [6, 6.07) is 13.5. The third kappa shape index (κ3) is 4.56. The van der Waals surface area contributed by atoms with Gasteiger partial charge >= 0.3 is 6.18 Å². The molecule has 0 fully saturated rings. The first-order valence-corrected chi connectivity index (χ1v) is 7.12. The highest BCUT2D eigenvalue weighted by Gasteiger charge is 2.30. The number of halogens is 3. The SMILES string of the molecule is NCCN(CC(=O)c1ccccc1)c1ccc(C(F)(F)F)cc1. The molecule has 6 heteroatoms. The number of carbonyl (C=O) groups is 1. The number of alkyl halides is 3. The smallest absolute Gasteiger partial charge is 0.363 e. The number of benzene rings is 2. The molecule has 0 unspecified atom stereocenters. The summed E-state index contributed by atoms with van der Waals surface area (Å²) in [6.07, 6.45) is -4.38. The zero-order valence-electron chi connectivity index (χ0n) is 12.4. The molecule has 2 N–H and O–H groups in total. The second-order valence-corrected chi connectivity index (χ2v) is 5.04. The monoisotopic (exact) mass is 322 g/mol. The molecule has 122 valence electrons. The number of hydrogen-bond acceptors (Lipinski definition) is 3. The number of ketones is 1. The molecule has 0 spiro atoms. The second kappa shape index (κ2) is 7.28. The van der Waals surface area contributed by atoms with E-state index >= 15 is 0 Å². The van der Waals surface area contributed by atoms with Crippen LogP contribution in [0.25, 0.3) is 0 Å². The van der Waals surface area contributed by atoms with Crippen LogP contribution in [0.5, 0.6) is 0 Å². The van der Waals surface area contributed by atoms with Crippen molar-refractivity contribution in [3.63, 3.8) is 0 Å². The van der Waals surface area contributed by atoms with Gasteiger partial charge in [0.2, 0.25) is 0 Å². The lowest BCUT2D eigenvalue weighted by molar-refractivity contribution is -0.137. The average molecular weight is 322 g/mol. The fourth-order valence-electron chi connectivity index (χ4n) is 2.21. The molecule has 0 atom stereocenters. The second-order valence-electron chi connectivity index (χ2n) is 5.04. The van der Waals surface area contributed by atoms with Gasteiger partial charge in [0.05, 0.1) is 12.1 Å². The van der Waals surface area contributed by atoms with E-state index in [2.05, 4.69) is 0 Å². The molecule has 23 heavy (non-hydrogen) atoms. The first-order valence-electron chi connectivity index (χ1n) is 7.12. The van der Waals surface area contributed by atoms with Crippen molar-refractivity contribution in [2.45, 2.75) is 6.18 Å². The molecule has 0 amide bonds. The molecule has 0 aromatic heterocycles. The zero-order valence-corrected chi connectivity index (χ0v) is 12.4. The van der Waals surface area contributed by atoms with E-state index < -0.39 is 11.7 Å². The van der Waals surface area contributed by atoms with Crippen LogP contribution >= 0.6 is 0 Å². The summed E-state index contributed by atoms with van der Waals surface area (Å²) in [5.41, 5.74) is 5.92. The molecule has 0 aliphatic carbocycles. The normalized spacial score (nSPS) is 11.3. The standard InChI is InChI=1S/C17H17F3N2O/c18-17(19,20)14-6-8-15(9-7-14)22(11-10-21)12-16(23)13-4-2-1-3-5-13/h1-9H,10-12,21H2. The summed E-state index contributed by atoms with van der Waals surface area (Å²) in [6.45, 7) is 0.736. The maximum atomic E-state index is 12.6. The van der Waals surface area contributed by atoms with Gasteiger partial charge in [-0.05, 0) is 24.3 Å². The lowest BCUT2D eigenvalue weighted by atomic mass is 10.1. The molecule has 2 aromatic rings. The molecule has 0 bridgehead atoms. The first-order chi connectivity index (χ1) is 10.9.